The number of methoxy groups -OCH3 is 1. The molecule has 5 aromatic rings. The maximum Gasteiger partial charge on any atom is 0.177 e. The molecule has 166 valence electrons. The molecule has 0 saturated carbocycles. The molecule has 3 aromatic carbocycles. The normalized spacial score (nSPS) is 10.7. The van der Waals surface area contributed by atoms with Crippen LogP contribution in [0.5, 0.6) is 5.75 Å². The van der Waals surface area contributed by atoms with Gasteiger partial charge in [0.15, 0.2) is 5.65 Å². The maximum absolute atomic E-state index is 14.4. The third-order valence-corrected chi connectivity index (χ3v) is 5.58. The molecule has 0 fully saturated rings. The van der Waals surface area contributed by atoms with E-state index in [-0.39, 0.29) is 5.56 Å². The van der Waals surface area contributed by atoms with Crippen LogP contribution in [0.15, 0.2) is 91.3 Å². The third-order valence-electron chi connectivity index (χ3n) is 5.58. The largest absolute Gasteiger partial charge is 0.497 e. The number of fused-ring (bicyclic) bond motifs is 1. The summed E-state index contributed by atoms with van der Waals surface area (Å²) in [5.74, 6) is 0.215. The van der Waals surface area contributed by atoms with Crippen molar-refractivity contribution < 1.29 is 9.13 Å². The van der Waals surface area contributed by atoms with E-state index in [4.69, 9.17) is 10.00 Å². The summed E-state index contributed by atoms with van der Waals surface area (Å²) in [6.45, 7) is 0.571. The molecule has 0 N–H and O–H groups in total. The smallest absolute Gasteiger partial charge is 0.177 e. The zero-order valence-corrected chi connectivity index (χ0v) is 18.4. The number of ether oxygens (including phenoxy) is 1. The number of aromatic nitrogens is 3. The minimum atomic E-state index is -0.577. The van der Waals surface area contributed by atoms with E-state index in [1.807, 2.05) is 66.7 Å². The van der Waals surface area contributed by atoms with Gasteiger partial charge in [0.2, 0.25) is 0 Å². The summed E-state index contributed by atoms with van der Waals surface area (Å²) in [6.07, 6.45) is 3.45. The van der Waals surface area contributed by atoms with Gasteiger partial charge in [0.25, 0.3) is 0 Å². The summed E-state index contributed by atoms with van der Waals surface area (Å²) < 4.78 is 21.4. The highest BCUT2D eigenvalue weighted by Gasteiger charge is 2.18. The van der Waals surface area contributed by atoms with Crippen LogP contribution >= 0.6 is 0 Å². The Balaban J connectivity index is 1.66. The molecule has 0 amide bonds. The van der Waals surface area contributed by atoms with Crippen molar-refractivity contribution in [1.82, 2.24) is 14.6 Å². The number of imidazole rings is 1. The second-order valence-corrected chi connectivity index (χ2v) is 7.69. The predicted molar refractivity (Wildman–Crippen MR) is 128 cm³/mol. The van der Waals surface area contributed by atoms with E-state index in [2.05, 4.69) is 15.0 Å². The topological polar surface area (TPSA) is 66.5 Å². The molecule has 5 rings (SSSR count). The maximum atomic E-state index is 14.4. The fourth-order valence-electron chi connectivity index (χ4n) is 3.84. The van der Waals surface area contributed by atoms with Gasteiger partial charge in [0.05, 0.1) is 24.1 Å². The fourth-order valence-corrected chi connectivity index (χ4v) is 3.84. The molecule has 0 aliphatic heterocycles. The molecule has 0 radical (unpaired) electrons. The lowest BCUT2D eigenvalue weighted by molar-refractivity contribution is 0.414. The van der Waals surface area contributed by atoms with Crippen LogP contribution in [0, 0.1) is 17.1 Å². The number of hydrogen-bond donors (Lipinski definition) is 0. The van der Waals surface area contributed by atoms with Gasteiger partial charge in [-0.3, -0.25) is 0 Å². The van der Waals surface area contributed by atoms with Crippen LogP contribution in [0.1, 0.15) is 11.1 Å². The monoisotopic (exact) mass is 449 g/mol. The van der Waals surface area contributed by atoms with Crippen LogP contribution in [0.25, 0.3) is 16.9 Å². The van der Waals surface area contributed by atoms with Gasteiger partial charge in [0, 0.05) is 30.2 Å². The summed E-state index contributed by atoms with van der Waals surface area (Å²) in [5.41, 5.74) is 4.70. The van der Waals surface area contributed by atoms with E-state index in [0.29, 0.717) is 23.4 Å². The van der Waals surface area contributed by atoms with Crippen molar-refractivity contribution >= 4 is 17.0 Å². The van der Waals surface area contributed by atoms with Crippen molar-refractivity contribution in [2.75, 3.05) is 12.0 Å². The van der Waals surface area contributed by atoms with Crippen molar-refractivity contribution in [3.63, 3.8) is 0 Å². The number of rotatable bonds is 6. The van der Waals surface area contributed by atoms with Crippen LogP contribution in [-0.2, 0) is 6.54 Å². The molecule has 6 nitrogen and oxygen atoms in total. The van der Waals surface area contributed by atoms with Crippen LogP contribution in [0.4, 0.5) is 15.8 Å². The summed E-state index contributed by atoms with van der Waals surface area (Å²) in [5, 5.41) is 13.7. The first-order chi connectivity index (χ1) is 16.7. The number of nitrogens with zero attached hydrogens (tertiary/aromatic N) is 5. The van der Waals surface area contributed by atoms with Crippen molar-refractivity contribution in [2.24, 2.45) is 0 Å². The molecule has 0 aliphatic rings. The summed E-state index contributed by atoms with van der Waals surface area (Å²) >= 11 is 0. The van der Waals surface area contributed by atoms with E-state index in [0.717, 1.165) is 22.7 Å². The molecule has 0 unspecified atom stereocenters. The standard InChI is InChI=1S/C27H20FN5O/c1-34-23-11-7-19(8-12-23)18-32(22-5-3-2-4-6-22)26-16-25(31-33-14-13-30-27(26)33)20-9-10-21(17-29)24(28)15-20/h2-16H,18H2,1H3. The molecular weight excluding hydrogens is 429 g/mol. The molecule has 0 spiro atoms. The highest BCUT2D eigenvalue weighted by atomic mass is 19.1. The van der Waals surface area contributed by atoms with Crippen LogP contribution in [0.2, 0.25) is 0 Å². The Morgan fingerprint density at radius 2 is 1.82 bits per heavy atom. The van der Waals surface area contributed by atoms with E-state index < -0.39 is 5.82 Å². The minimum absolute atomic E-state index is 0.00176. The van der Waals surface area contributed by atoms with E-state index in [1.54, 1.807) is 30.1 Å². The second-order valence-electron chi connectivity index (χ2n) is 7.69. The van der Waals surface area contributed by atoms with Gasteiger partial charge < -0.3 is 9.64 Å². The molecule has 34 heavy (non-hydrogen) atoms. The lowest BCUT2D eigenvalue weighted by Crippen LogP contribution is -2.18. The average Bonchev–Trinajstić information content (AvgIpc) is 3.36. The summed E-state index contributed by atoms with van der Waals surface area (Å²) in [4.78, 5) is 6.68. The van der Waals surface area contributed by atoms with Gasteiger partial charge >= 0.3 is 0 Å². The lowest BCUT2D eigenvalue weighted by Gasteiger charge is -2.26. The lowest BCUT2D eigenvalue weighted by atomic mass is 10.1. The Morgan fingerprint density at radius 3 is 2.53 bits per heavy atom. The summed E-state index contributed by atoms with van der Waals surface area (Å²) in [7, 11) is 1.64. The van der Waals surface area contributed by atoms with E-state index in [9.17, 15) is 4.39 Å². The molecule has 2 heterocycles. The minimum Gasteiger partial charge on any atom is -0.497 e. The van der Waals surface area contributed by atoms with Gasteiger partial charge in [-0.2, -0.15) is 10.4 Å². The Labute approximate surface area is 196 Å². The van der Waals surface area contributed by atoms with Crippen LogP contribution < -0.4 is 9.64 Å². The summed E-state index contributed by atoms with van der Waals surface area (Å²) in [6, 6.07) is 26.2. The number of nitriles is 1. The first-order valence-corrected chi connectivity index (χ1v) is 10.7. The van der Waals surface area contributed by atoms with Crippen molar-refractivity contribution in [3.8, 4) is 23.1 Å². The predicted octanol–water partition coefficient (Wildman–Crippen LogP) is 5.75. The Kier molecular flexibility index (Phi) is 5.63. The zero-order valence-electron chi connectivity index (χ0n) is 18.4. The Hall–Kier alpha value is -4.70. The van der Waals surface area contributed by atoms with Crippen LogP contribution in [0.3, 0.4) is 0 Å². The molecule has 0 bridgehead atoms. The molecular formula is C27H20FN5O. The first kappa shape index (κ1) is 21.2. The molecule has 7 heteroatoms. The SMILES string of the molecule is COc1ccc(CN(c2ccccc2)c2cc(-c3ccc(C#N)c(F)c3)nn3ccnc23)cc1. The average molecular weight is 449 g/mol. The van der Waals surface area contributed by atoms with Gasteiger partial charge in [-0.05, 0) is 48.0 Å². The molecule has 0 saturated heterocycles. The number of halogens is 1. The Bertz CT molecular complexity index is 1490. The number of hydrogen-bond acceptors (Lipinski definition) is 5. The van der Waals surface area contributed by atoms with Crippen molar-refractivity contribution in [1.29, 1.82) is 5.26 Å². The van der Waals surface area contributed by atoms with E-state index in [1.165, 1.54) is 12.1 Å². The quantitative estimate of drug-likeness (QED) is 0.330. The van der Waals surface area contributed by atoms with Crippen molar-refractivity contribution in [3.05, 3.63) is 108 Å². The fraction of sp³-hybridized carbons (Fsp3) is 0.0741. The zero-order chi connectivity index (χ0) is 23.5. The third kappa shape index (κ3) is 4.05. The van der Waals surface area contributed by atoms with Crippen LogP contribution in [-0.4, -0.2) is 21.7 Å². The second kappa shape index (κ2) is 9.04. The highest BCUT2D eigenvalue weighted by molar-refractivity contribution is 5.79. The van der Waals surface area contributed by atoms with Gasteiger partial charge in [0.1, 0.15) is 17.6 Å². The van der Waals surface area contributed by atoms with E-state index >= 15 is 0 Å². The number of benzene rings is 3. The molecule has 2 aromatic heterocycles. The van der Waals surface area contributed by atoms with Gasteiger partial charge in [-0.25, -0.2) is 13.9 Å². The Morgan fingerprint density at radius 1 is 1.03 bits per heavy atom. The highest BCUT2D eigenvalue weighted by Crippen LogP contribution is 2.33. The van der Waals surface area contributed by atoms with Crippen molar-refractivity contribution in [2.45, 2.75) is 6.54 Å². The van der Waals surface area contributed by atoms with Gasteiger partial charge in [-0.15, -0.1) is 0 Å². The number of para-hydroxylation sites is 1. The first-order valence-electron chi connectivity index (χ1n) is 10.7. The number of anilines is 2. The molecule has 0 aliphatic carbocycles. The van der Waals surface area contributed by atoms with Gasteiger partial charge in [-0.1, -0.05) is 36.4 Å². The molecule has 0 atom stereocenters.